The van der Waals surface area contributed by atoms with E-state index in [-0.39, 0.29) is 11.7 Å². The number of anilines is 1. The molecule has 0 aliphatic rings. The fourth-order valence-electron chi connectivity index (χ4n) is 2.70. The number of nitrogens with one attached hydrogen (secondary N) is 1. The number of hydrogen-bond donors (Lipinski definition) is 1. The third-order valence-electron chi connectivity index (χ3n) is 4.39. The van der Waals surface area contributed by atoms with Crippen LogP contribution in [-0.2, 0) is 18.4 Å². The maximum absolute atomic E-state index is 12.4. The highest BCUT2D eigenvalue weighted by atomic mass is 35.5. The van der Waals surface area contributed by atoms with Crippen LogP contribution >= 0.6 is 23.4 Å². The van der Waals surface area contributed by atoms with E-state index in [1.54, 1.807) is 18.2 Å². The van der Waals surface area contributed by atoms with Gasteiger partial charge in [0.05, 0.1) is 18.6 Å². The molecule has 1 aromatic heterocycles. The van der Waals surface area contributed by atoms with Crippen LogP contribution in [0.3, 0.4) is 0 Å². The SMILES string of the molecule is COc1ccc(Cl)cc1NC(=O)CSc1nnc(COc2cc(C)ccc2C)n1C. The number of methoxy groups -OCH3 is 1. The van der Waals surface area contributed by atoms with E-state index in [9.17, 15) is 4.79 Å². The van der Waals surface area contributed by atoms with Crippen LogP contribution in [0.25, 0.3) is 0 Å². The lowest BCUT2D eigenvalue weighted by Gasteiger charge is -2.11. The highest BCUT2D eigenvalue weighted by Gasteiger charge is 2.14. The highest BCUT2D eigenvalue weighted by molar-refractivity contribution is 7.99. The molecule has 0 radical (unpaired) electrons. The number of carbonyl (C=O) groups is 1. The van der Waals surface area contributed by atoms with Crippen molar-refractivity contribution in [1.82, 2.24) is 14.8 Å². The Balaban J connectivity index is 1.58. The molecule has 30 heavy (non-hydrogen) atoms. The second-order valence-electron chi connectivity index (χ2n) is 6.70. The summed E-state index contributed by atoms with van der Waals surface area (Å²) in [5, 5.41) is 12.3. The number of aromatic nitrogens is 3. The molecular weight excluding hydrogens is 424 g/mol. The van der Waals surface area contributed by atoms with Crippen molar-refractivity contribution < 1.29 is 14.3 Å². The number of nitrogens with zero attached hydrogens (tertiary/aromatic N) is 3. The van der Waals surface area contributed by atoms with Gasteiger partial charge in [0.1, 0.15) is 18.1 Å². The van der Waals surface area contributed by atoms with Gasteiger partial charge in [0.25, 0.3) is 0 Å². The number of halogens is 1. The summed E-state index contributed by atoms with van der Waals surface area (Å²) >= 11 is 7.29. The summed E-state index contributed by atoms with van der Waals surface area (Å²) in [5.74, 6) is 2.01. The van der Waals surface area contributed by atoms with E-state index in [4.69, 9.17) is 21.1 Å². The molecule has 3 aromatic rings. The van der Waals surface area contributed by atoms with Gasteiger partial charge in [-0.25, -0.2) is 0 Å². The van der Waals surface area contributed by atoms with Crippen LogP contribution in [0, 0.1) is 13.8 Å². The number of benzene rings is 2. The Morgan fingerprint density at radius 3 is 2.73 bits per heavy atom. The van der Waals surface area contributed by atoms with Gasteiger partial charge in [0.2, 0.25) is 5.91 Å². The summed E-state index contributed by atoms with van der Waals surface area (Å²) in [6.45, 7) is 4.31. The first-order chi connectivity index (χ1) is 14.4. The molecule has 0 atom stereocenters. The monoisotopic (exact) mass is 446 g/mol. The molecule has 1 N–H and O–H groups in total. The molecule has 3 rings (SSSR count). The minimum Gasteiger partial charge on any atom is -0.495 e. The third kappa shape index (κ3) is 5.46. The number of ether oxygens (including phenoxy) is 2. The largest absolute Gasteiger partial charge is 0.495 e. The summed E-state index contributed by atoms with van der Waals surface area (Å²) in [6.07, 6.45) is 0. The molecular formula is C21H23ClN4O3S. The van der Waals surface area contributed by atoms with Gasteiger partial charge < -0.3 is 19.4 Å². The van der Waals surface area contributed by atoms with E-state index in [0.717, 1.165) is 16.9 Å². The molecule has 0 saturated heterocycles. The van der Waals surface area contributed by atoms with Crippen LogP contribution in [0.1, 0.15) is 17.0 Å². The summed E-state index contributed by atoms with van der Waals surface area (Å²) in [7, 11) is 3.39. The van der Waals surface area contributed by atoms with Crippen molar-refractivity contribution in [1.29, 1.82) is 0 Å². The molecule has 7 nitrogen and oxygen atoms in total. The highest BCUT2D eigenvalue weighted by Crippen LogP contribution is 2.28. The summed E-state index contributed by atoms with van der Waals surface area (Å²) in [5.41, 5.74) is 2.72. The zero-order chi connectivity index (χ0) is 21.7. The standard InChI is InChI=1S/C21H23ClN4O3S/c1-13-5-6-14(2)18(9-13)29-11-19-24-25-21(26(19)3)30-12-20(27)23-16-10-15(22)7-8-17(16)28-4/h5-10H,11-12H2,1-4H3,(H,23,27). The van der Waals surface area contributed by atoms with Gasteiger partial charge in [-0.15, -0.1) is 10.2 Å². The maximum atomic E-state index is 12.4. The zero-order valence-electron chi connectivity index (χ0n) is 17.2. The third-order valence-corrected chi connectivity index (χ3v) is 5.65. The predicted octanol–water partition coefficient (Wildman–Crippen LogP) is 4.40. The molecule has 0 aliphatic carbocycles. The Hall–Kier alpha value is -2.71. The van der Waals surface area contributed by atoms with E-state index >= 15 is 0 Å². The number of aryl methyl sites for hydroxylation is 2. The Bertz CT molecular complexity index is 1050. The van der Waals surface area contributed by atoms with Crippen molar-refractivity contribution in [3.63, 3.8) is 0 Å². The minimum absolute atomic E-state index is 0.166. The van der Waals surface area contributed by atoms with Crippen LogP contribution in [0.2, 0.25) is 5.02 Å². The van der Waals surface area contributed by atoms with Crippen LogP contribution < -0.4 is 14.8 Å². The van der Waals surface area contributed by atoms with Crippen molar-refractivity contribution in [2.45, 2.75) is 25.6 Å². The molecule has 0 bridgehead atoms. The second-order valence-corrected chi connectivity index (χ2v) is 8.08. The number of amides is 1. The average molecular weight is 447 g/mol. The lowest BCUT2D eigenvalue weighted by Crippen LogP contribution is -2.15. The van der Waals surface area contributed by atoms with Crippen LogP contribution in [0.15, 0.2) is 41.6 Å². The molecule has 1 heterocycles. The molecule has 0 unspecified atom stereocenters. The van der Waals surface area contributed by atoms with Gasteiger partial charge in [0.15, 0.2) is 11.0 Å². The first kappa shape index (κ1) is 22.0. The fourth-order valence-corrected chi connectivity index (χ4v) is 3.60. The van der Waals surface area contributed by atoms with E-state index in [2.05, 4.69) is 15.5 Å². The van der Waals surface area contributed by atoms with Gasteiger partial charge in [0, 0.05) is 12.1 Å². The number of thioether (sulfide) groups is 1. The van der Waals surface area contributed by atoms with Crippen molar-refractivity contribution in [2.24, 2.45) is 7.05 Å². The smallest absolute Gasteiger partial charge is 0.234 e. The topological polar surface area (TPSA) is 78.3 Å². The fraction of sp³-hybridized carbons (Fsp3) is 0.286. The predicted molar refractivity (Wildman–Crippen MR) is 119 cm³/mol. The van der Waals surface area contributed by atoms with E-state index < -0.39 is 0 Å². The average Bonchev–Trinajstić information content (AvgIpc) is 3.07. The van der Waals surface area contributed by atoms with Crippen molar-refractivity contribution in [2.75, 3.05) is 18.2 Å². The van der Waals surface area contributed by atoms with Crippen LogP contribution in [-0.4, -0.2) is 33.5 Å². The van der Waals surface area contributed by atoms with Gasteiger partial charge in [-0.2, -0.15) is 0 Å². The van der Waals surface area contributed by atoms with Gasteiger partial charge >= 0.3 is 0 Å². The van der Waals surface area contributed by atoms with Crippen LogP contribution in [0.5, 0.6) is 11.5 Å². The second kappa shape index (κ2) is 9.86. The molecule has 9 heteroatoms. The molecule has 2 aromatic carbocycles. The van der Waals surface area contributed by atoms with Crippen molar-refractivity contribution >= 4 is 35.0 Å². The van der Waals surface area contributed by atoms with E-state index in [0.29, 0.717) is 34.0 Å². The number of carbonyl (C=O) groups excluding carboxylic acids is 1. The summed E-state index contributed by atoms with van der Waals surface area (Å²) in [6, 6.07) is 11.1. The Kier molecular flexibility index (Phi) is 7.23. The molecule has 0 aliphatic heterocycles. The first-order valence-electron chi connectivity index (χ1n) is 9.22. The van der Waals surface area contributed by atoms with Gasteiger partial charge in [-0.3, -0.25) is 4.79 Å². The van der Waals surface area contributed by atoms with Gasteiger partial charge in [-0.05, 0) is 49.2 Å². The molecule has 0 spiro atoms. The van der Waals surface area contributed by atoms with Crippen molar-refractivity contribution in [3.05, 3.63) is 58.4 Å². The molecule has 0 fully saturated rings. The quantitative estimate of drug-likeness (QED) is 0.516. The molecule has 0 saturated carbocycles. The van der Waals surface area contributed by atoms with Crippen LogP contribution in [0.4, 0.5) is 5.69 Å². The van der Waals surface area contributed by atoms with Gasteiger partial charge in [-0.1, -0.05) is 35.5 Å². The normalized spacial score (nSPS) is 10.7. The summed E-state index contributed by atoms with van der Waals surface area (Å²) in [4.78, 5) is 12.4. The Labute approximate surface area is 184 Å². The number of hydrogen-bond acceptors (Lipinski definition) is 6. The molecule has 158 valence electrons. The maximum Gasteiger partial charge on any atom is 0.234 e. The minimum atomic E-state index is -0.197. The number of rotatable bonds is 8. The zero-order valence-corrected chi connectivity index (χ0v) is 18.8. The Morgan fingerprint density at radius 1 is 1.17 bits per heavy atom. The molecule has 1 amide bonds. The Morgan fingerprint density at radius 2 is 1.97 bits per heavy atom. The lowest BCUT2D eigenvalue weighted by atomic mass is 10.1. The van der Waals surface area contributed by atoms with E-state index in [1.807, 2.05) is 43.7 Å². The lowest BCUT2D eigenvalue weighted by molar-refractivity contribution is -0.113. The summed E-state index contributed by atoms with van der Waals surface area (Å²) < 4.78 is 13.0. The van der Waals surface area contributed by atoms with E-state index in [1.165, 1.54) is 18.9 Å². The van der Waals surface area contributed by atoms with Crippen molar-refractivity contribution in [3.8, 4) is 11.5 Å². The first-order valence-corrected chi connectivity index (χ1v) is 10.6.